The lowest BCUT2D eigenvalue weighted by atomic mass is 9.97. The molecule has 0 spiro atoms. The van der Waals surface area contributed by atoms with Gasteiger partial charge in [0.25, 0.3) is 5.91 Å². The van der Waals surface area contributed by atoms with Crippen LogP contribution < -0.4 is 5.32 Å². The molecule has 1 fully saturated rings. The Morgan fingerprint density at radius 3 is 2.69 bits per heavy atom. The number of aryl methyl sites for hydroxylation is 1. The van der Waals surface area contributed by atoms with Crippen molar-refractivity contribution in [1.29, 1.82) is 0 Å². The minimum Gasteiger partial charge on any atom is -0.439 e. The number of halogens is 4. The number of nitrogens with zero attached hydrogens (tertiary/aromatic N) is 4. The van der Waals surface area contributed by atoms with Crippen molar-refractivity contribution in [3.8, 4) is 11.5 Å². The highest BCUT2D eigenvalue weighted by atomic mass is 19.4. The normalized spacial score (nSPS) is 18.3. The summed E-state index contributed by atoms with van der Waals surface area (Å²) in [5.41, 5.74) is -0.150. The molecule has 32 heavy (non-hydrogen) atoms. The minimum atomic E-state index is -4.71. The van der Waals surface area contributed by atoms with Crippen LogP contribution in [0.4, 0.5) is 17.6 Å². The third-order valence-corrected chi connectivity index (χ3v) is 5.52. The molecule has 7 nitrogen and oxygen atoms in total. The Hall–Kier alpha value is -3.37. The number of carbonyl (C=O) groups is 1. The Kier molecular flexibility index (Phi) is 4.90. The van der Waals surface area contributed by atoms with E-state index in [0.29, 0.717) is 42.8 Å². The Morgan fingerprint density at radius 2 is 1.94 bits per heavy atom. The molecule has 0 radical (unpaired) electrons. The monoisotopic (exact) mass is 447 g/mol. The molecule has 2 aliphatic carbocycles. The molecule has 3 aromatic heterocycles. The molecule has 1 atom stereocenters. The zero-order chi connectivity index (χ0) is 22.5. The van der Waals surface area contributed by atoms with Crippen LogP contribution in [0.1, 0.15) is 71.0 Å². The maximum absolute atomic E-state index is 14.4. The molecule has 3 heterocycles. The second-order valence-corrected chi connectivity index (χ2v) is 7.90. The number of oxazole rings is 1. The van der Waals surface area contributed by atoms with Crippen LogP contribution in [0.5, 0.6) is 0 Å². The summed E-state index contributed by atoms with van der Waals surface area (Å²) in [5, 5.41) is 2.64. The first kappa shape index (κ1) is 20.5. The largest absolute Gasteiger partial charge is 0.439 e. The van der Waals surface area contributed by atoms with E-state index in [9.17, 15) is 22.4 Å². The molecule has 11 heteroatoms. The Labute approximate surface area is 179 Å². The highest BCUT2D eigenvalue weighted by Crippen LogP contribution is 2.41. The van der Waals surface area contributed by atoms with Gasteiger partial charge in [0.15, 0.2) is 11.5 Å². The van der Waals surface area contributed by atoms with E-state index < -0.39 is 35.3 Å². The van der Waals surface area contributed by atoms with Gasteiger partial charge in [-0.1, -0.05) is 0 Å². The second kappa shape index (κ2) is 7.64. The van der Waals surface area contributed by atoms with Gasteiger partial charge in [-0.2, -0.15) is 13.2 Å². The van der Waals surface area contributed by atoms with Gasteiger partial charge in [0.05, 0.1) is 35.9 Å². The fourth-order valence-electron chi connectivity index (χ4n) is 3.74. The number of rotatable bonds is 4. The number of pyridine rings is 1. The van der Waals surface area contributed by atoms with Gasteiger partial charge in [-0.3, -0.25) is 14.8 Å². The first-order valence-electron chi connectivity index (χ1n) is 10.1. The summed E-state index contributed by atoms with van der Waals surface area (Å²) < 4.78 is 58.9. The van der Waals surface area contributed by atoms with Crippen LogP contribution in [0.25, 0.3) is 11.5 Å². The number of carbonyl (C=O) groups excluding carboxylic acids is 1. The predicted octanol–water partition coefficient (Wildman–Crippen LogP) is 4.37. The number of amides is 1. The standard InChI is InChI=1S/C21H17F4N5O2/c22-12-7-27-15(10-4-5-10)6-11(12)20-30-14-3-1-2-13(18(14)32-20)29-19(31)16-8-26-9-17(28-16)21(23,24)25/h6-10,13H,1-5H2,(H,29,31). The first-order chi connectivity index (χ1) is 15.3. The van der Waals surface area contributed by atoms with Crippen molar-refractivity contribution in [3.63, 3.8) is 0 Å². The molecule has 0 aliphatic heterocycles. The van der Waals surface area contributed by atoms with E-state index in [-0.39, 0.29) is 11.5 Å². The molecule has 1 N–H and O–H groups in total. The lowest BCUT2D eigenvalue weighted by Gasteiger charge is -2.21. The fourth-order valence-corrected chi connectivity index (χ4v) is 3.74. The smallest absolute Gasteiger partial charge is 0.434 e. The van der Waals surface area contributed by atoms with Gasteiger partial charge < -0.3 is 9.73 Å². The number of fused-ring (bicyclic) bond motifs is 1. The topological polar surface area (TPSA) is 93.8 Å². The molecule has 0 saturated heterocycles. The van der Waals surface area contributed by atoms with Crippen molar-refractivity contribution < 1.29 is 26.8 Å². The molecule has 5 rings (SSSR count). The van der Waals surface area contributed by atoms with Crippen LogP contribution in [-0.2, 0) is 12.6 Å². The van der Waals surface area contributed by atoms with Gasteiger partial charge >= 0.3 is 6.18 Å². The summed E-state index contributed by atoms with van der Waals surface area (Å²) >= 11 is 0. The van der Waals surface area contributed by atoms with Crippen LogP contribution in [0, 0.1) is 5.82 Å². The van der Waals surface area contributed by atoms with E-state index >= 15 is 0 Å². The van der Waals surface area contributed by atoms with E-state index in [1.165, 1.54) is 0 Å². The summed E-state index contributed by atoms with van der Waals surface area (Å²) in [5.74, 6) is -0.599. The maximum Gasteiger partial charge on any atom is 0.434 e. The zero-order valence-electron chi connectivity index (χ0n) is 16.6. The molecular weight excluding hydrogens is 430 g/mol. The molecule has 0 aromatic carbocycles. The van der Waals surface area contributed by atoms with E-state index in [4.69, 9.17) is 4.42 Å². The third kappa shape index (κ3) is 3.94. The van der Waals surface area contributed by atoms with Gasteiger partial charge in [-0.25, -0.2) is 14.4 Å². The molecule has 1 saturated carbocycles. The Balaban J connectivity index is 1.41. The van der Waals surface area contributed by atoms with Gasteiger partial charge in [0.2, 0.25) is 5.89 Å². The summed E-state index contributed by atoms with van der Waals surface area (Å²) in [7, 11) is 0. The third-order valence-electron chi connectivity index (χ3n) is 5.52. The molecular formula is C21H17F4N5O2. The van der Waals surface area contributed by atoms with Crippen molar-refractivity contribution >= 4 is 5.91 Å². The molecule has 166 valence electrons. The molecule has 1 amide bonds. The molecule has 0 bridgehead atoms. The number of nitrogens with one attached hydrogen (secondary N) is 1. The van der Waals surface area contributed by atoms with Gasteiger partial charge in [0, 0.05) is 11.6 Å². The highest BCUT2D eigenvalue weighted by molar-refractivity contribution is 5.92. The summed E-state index contributed by atoms with van der Waals surface area (Å²) in [6.07, 6.45) is 1.71. The van der Waals surface area contributed by atoms with Gasteiger partial charge in [-0.15, -0.1) is 0 Å². The van der Waals surface area contributed by atoms with Crippen molar-refractivity contribution in [3.05, 3.63) is 59.0 Å². The van der Waals surface area contributed by atoms with E-state index in [0.717, 1.165) is 30.9 Å². The van der Waals surface area contributed by atoms with Crippen LogP contribution in [0.3, 0.4) is 0 Å². The summed E-state index contributed by atoms with van der Waals surface area (Å²) in [6.45, 7) is 0. The SMILES string of the molecule is O=C(NC1CCCc2nc(-c3cc(C4CC4)ncc3F)oc21)c1cncc(C(F)(F)F)n1. The number of aromatic nitrogens is 4. The lowest BCUT2D eigenvalue weighted by molar-refractivity contribution is -0.141. The second-order valence-electron chi connectivity index (χ2n) is 7.90. The fraction of sp³-hybridized carbons (Fsp3) is 0.381. The highest BCUT2D eigenvalue weighted by Gasteiger charge is 2.35. The van der Waals surface area contributed by atoms with Crippen molar-refractivity contribution in [2.75, 3.05) is 0 Å². The van der Waals surface area contributed by atoms with E-state index in [1.54, 1.807) is 6.07 Å². The van der Waals surface area contributed by atoms with E-state index in [1.807, 2.05) is 0 Å². The molecule has 1 unspecified atom stereocenters. The Morgan fingerprint density at radius 1 is 1.12 bits per heavy atom. The number of alkyl halides is 3. The van der Waals surface area contributed by atoms with Crippen LogP contribution in [0.2, 0.25) is 0 Å². The first-order valence-corrected chi connectivity index (χ1v) is 10.1. The summed E-state index contributed by atoms with van der Waals surface area (Å²) in [6, 6.07) is 1.01. The number of hydrogen-bond acceptors (Lipinski definition) is 6. The van der Waals surface area contributed by atoms with E-state index in [2.05, 4.69) is 25.3 Å². The van der Waals surface area contributed by atoms with Crippen LogP contribution >= 0.6 is 0 Å². The van der Waals surface area contributed by atoms with Gasteiger partial charge in [0.1, 0.15) is 11.5 Å². The average molecular weight is 447 g/mol. The van der Waals surface area contributed by atoms with Gasteiger partial charge in [-0.05, 0) is 38.2 Å². The predicted molar refractivity (Wildman–Crippen MR) is 102 cm³/mol. The molecule has 3 aromatic rings. The zero-order valence-corrected chi connectivity index (χ0v) is 16.6. The van der Waals surface area contributed by atoms with Crippen LogP contribution in [0.15, 0.2) is 29.1 Å². The lowest BCUT2D eigenvalue weighted by Crippen LogP contribution is -2.31. The molecule has 2 aliphatic rings. The quantitative estimate of drug-likeness (QED) is 0.597. The van der Waals surface area contributed by atoms with Crippen molar-refractivity contribution in [2.45, 2.75) is 50.2 Å². The maximum atomic E-state index is 14.4. The Bertz CT molecular complexity index is 1190. The number of hydrogen-bond donors (Lipinski definition) is 1. The minimum absolute atomic E-state index is 0.0943. The average Bonchev–Trinajstić information content (AvgIpc) is 3.52. The van der Waals surface area contributed by atoms with Crippen molar-refractivity contribution in [2.24, 2.45) is 0 Å². The van der Waals surface area contributed by atoms with Crippen molar-refractivity contribution in [1.82, 2.24) is 25.3 Å². The van der Waals surface area contributed by atoms with Crippen LogP contribution in [-0.4, -0.2) is 25.8 Å². The summed E-state index contributed by atoms with van der Waals surface area (Å²) in [4.78, 5) is 27.9.